The van der Waals surface area contributed by atoms with Gasteiger partial charge in [0.2, 0.25) is 0 Å². The van der Waals surface area contributed by atoms with Crippen LogP contribution in [0.1, 0.15) is 10.4 Å². The highest BCUT2D eigenvalue weighted by atomic mass is 32.1. The van der Waals surface area contributed by atoms with Crippen molar-refractivity contribution >= 4 is 34.6 Å². The minimum absolute atomic E-state index is 0.287. The molecule has 3 aromatic rings. The maximum Gasteiger partial charge on any atom is 0.258 e. The van der Waals surface area contributed by atoms with Gasteiger partial charge in [0.15, 0.2) is 5.11 Å². The van der Waals surface area contributed by atoms with Crippen LogP contribution in [-0.2, 0) is 0 Å². The standard InChI is InChI=1S/C19H15N3OS/c23-18(15-8-7-13-20-14-15)21-19(24)22(16-9-3-1-4-10-16)17-11-5-2-6-12-17/h1-14H,(H,21,23,24). The quantitative estimate of drug-likeness (QED) is 0.738. The van der Waals surface area contributed by atoms with Crippen LogP contribution in [0.2, 0.25) is 0 Å². The molecule has 118 valence electrons. The van der Waals surface area contributed by atoms with Gasteiger partial charge in [0, 0.05) is 23.8 Å². The molecule has 0 atom stereocenters. The zero-order chi connectivity index (χ0) is 16.8. The number of rotatable bonds is 3. The molecule has 0 bridgehead atoms. The van der Waals surface area contributed by atoms with E-state index < -0.39 is 0 Å². The number of hydrogen-bond acceptors (Lipinski definition) is 3. The molecule has 0 aliphatic carbocycles. The average Bonchev–Trinajstić information content (AvgIpc) is 2.64. The molecule has 5 heteroatoms. The lowest BCUT2D eigenvalue weighted by Crippen LogP contribution is -2.40. The molecule has 0 saturated heterocycles. The van der Waals surface area contributed by atoms with E-state index in [1.807, 2.05) is 65.6 Å². The van der Waals surface area contributed by atoms with Gasteiger partial charge >= 0.3 is 0 Å². The molecule has 2 aromatic carbocycles. The molecule has 0 aliphatic rings. The van der Waals surface area contributed by atoms with E-state index in [1.165, 1.54) is 6.20 Å². The van der Waals surface area contributed by atoms with Gasteiger partial charge in [0.05, 0.1) is 5.56 Å². The van der Waals surface area contributed by atoms with Gasteiger partial charge in [-0.25, -0.2) is 0 Å². The molecule has 0 fully saturated rings. The molecular formula is C19H15N3OS. The lowest BCUT2D eigenvalue weighted by Gasteiger charge is -2.25. The molecule has 1 heterocycles. The summed E-state index contributed by atoms with van der Waals surface area (Å²) < 4.78 is 0. The Kier molecular flexibility index (Phi) is 4.93. The van der Waals surface area contributed by atoms with Crippen LogP contribution in [0.5, 0.6) is 0 Å². The summed E-state index contributed by atoms with van der Waals surface area (Å²) in [6, 6.07) is 22.7. The largest absolute Gasteiger partial charge is 0.298 e. The third kappa shape index (κ3) is 3.64. The molecule has 0 spiro atoms. The topological polar surface area (TPSA) is 45.2 Å². The molecule has 0 radical (unpaired) electrons. The smallest absolute Gasteiger partial charge is 0.258 e. The molecule has 1 amide bonds. The number of amides is 1. The van der Waals surface area contributed by atoms with Crippen LogP contribution >= 0.6 is 12.2 Å². The Morgan fingerprint density at radius 3 is 1.96 bits per heavy atom. The molecule has 1 aromatic heterocycles. The normalized spacial score (nSPS) is 10.0. The van der Waals surface area contributed by atoms with E-state index in [9.17, 15) is 4.79 Å². The number of para-hydroxylation sites is 2. The zero-order valence-corrected chi connectivity index (χ0v) is 13.6. The van der Waals surface area contributed by atoms with Crippen LogP contribution in [0, 0.1) is 0 Å². The minimum atomic E-state index is -0.287. The monoisotopic (exact) mass is 333 g/mol. The number of thiocarbonyl (C=S) groups is 1. The number of nitrogens with zero attached hydrogens (tertiary/aromatic N) is 2. The highest BCUT2D eigenvalue weighted by Gasteiger charge is 2.17. The van der Waals surface area contributed by atoms with Gasteiger partial charge < -0.3 is 0 Å². The number of carbonyl (C=O) groups excluding carboxylic acids is 1. The summed E-state index contributed by atoms with van der Waals surface area (Å²) in [5.74, 6) is -0.287. The second kappa shape index (κ2) is 7.48. The van der Waals surface area contributed by atoms with Crippen molar-refractivity contribution in [3.8, 4) is 0 Å². The fraction of sp³-hybridized carbons (Fsp3) is 0. The van der Waals surface area contributed by atoms with Gasteiger partial charge in [-0.05, 0) is 48.6 Å². The van der Waals surface area contributed by atoms with Gasteiger partial charge in [-0.15, -0.1) is 0 Å². The van der Waals surface area contributed by atoms with Crippen molar-refractivity contribution in [2.75, 3.05) is 4.90 Å². The fourth-order valence-corrected chi connectivity index (χ4v) is 2.56. The second-order valence-electron chi connectivity index (χ2n) is 5.01. The van der Waals surface area contributed by atoms with Crippen molar-refractivity contribution in [2.24, 2.45) is 0 Å². The predicted molar refractivity (Wildman–Crippen MR) is 99.3 cm³/mol. The number of carbonyl (C=O) groups is 1. The molecule has 0 aliphatic heterocycles. The van der Waals surface area contributed by atoms with Crippen LogP contribution in [0.3, 0.4) is 0 Å². The van der Waals surface area contributed by atoms with E-state index in [0.29, 0.717) is 10.7 Å². The lowest BCUT2D eigenvalue weighted by atomic mass is 10.2. The Balaban J connectivity index is 1.89. The third-order valence-corrected chi connectivity index (χ3v) is 3.66. The summed E-state index contributed by atoms with van der Waals surface area (Å²) in [7, 11) is 0. The highest BCUT2D eigenvalue weighted by Crippen LogP contribution is 2.25. The van der Waals surface area contributed by atoms with Crippen molar-refractivity contribution in [3.63, 3.8) is 0 Å². The first-order valence-corrected chi connectivity index (χ1v) is 7.82. The number of anilines is 2. The van der Waals surface area contributed by atoms with Crippen molar-refractivity contribution in [3.05, 3.63) is 90.8 Å². The Hall–Kier alpha value is -3.05. The summed E-state index contributed by atoms with van der Waals surface area (Å²) in [6.45, 7) is 0. The third-order valence-electron chi connectivity index (χ3n) is 3.38. The zero-order valence-electron chi connectivity index (χ0n) is 12.8. The molecule has 0 unspecified atom stereocenters. The van der Waals surface area contributed by atoms with E-state index in [-0.39, 0.29) is 5.91 Å². The molecular weight excluding hydrogens is 318 g/mol. The van der Waals surface area contributed by atoms with Crippen LogP contribution < -0.4 is 10.2 Å². The Bertz CT molecular complexity index is 784. The molecule has 4 nitrogen and oxygen atoms in total. The van der Waals surface area contributed by atoms with Crippen LogP contribution in [0.4, 0.5) is 11.4 Å². The number of aromatic nitrogens is 1. The van der Waals surface area contributed by atoms with Crippen LogP contribution in [0.15, 0.2) is 85.2 Å². The number of hydrogen-bond donors (Lipinski definition) is 1. The SMILES string of the molecule is O=C(NC(=S)N(c1ccccc1)c1ccccc1)c1cccnc1. The van der Waals surface area contributed by atoms with Gasteiger partial charge in [0.1, 0.15) is 0 Å². The number of nitrogens with one attached hydrogen (secondary N) is 1. The summed E-state index contributed by atoms with van der Waals surface area (Å²) in [5.41, 5.74) is 2.21. The molecule has 1 N–H and O–H groups in total. The van der Waals surface area contributed by atoms with Crippen LogP contribution in [0.25, 0.3) is 0 Å². The van der Waals surface area contributed by atoms with E-state index in [2.05, 4.69) is 10.3 Å². The van der Waals surface area contributed by atoms with Crippen molar-refractivity contribution in [1.82, 2.24) is 10.3 Å². The maximum atomic E-state index is 12.4. The summed E-state index contributed by atoms with van der Waals surface area (Å²) in [6.07, 6.45) is 3.13. The Morgan fingerprint density at radius 2 is 1.46 bits per heavy atom. The van der Waals surface area contributed by atoms with Crippen molar-refractivity contribution in [1.29, 1.82) is 0 Å². The Morgan fingerprint density at radius 1 is 0.875 bits per heavy atom. The molecule has 0 saturated carbocycles. The second-order valence-corrected chi connectivity index (χ2v) is 5.39. The van der Waals surface area contributed by atoms with Crippen LogP contribution in [-0.4, -0.2) is 16.0 Å². The summed E-state index contributed by atoms with van der Waals surface area (Å²) in [4.78, 5) is 18.1. The number of pyridine rings is 1. The van der Waals surface area contributed by atoms with Gasteiger partial charge in [-0.1, -0.05) is 36.4 Å². The fourth-order valence-electron chi connectivity index (χ4n) is 2.26. The van der Waals surface area contributed by atoms with E-state index in [1.54, 1.807) is 18.3 Å². The summed E-state index contributed by atoms with van der Waals surface area (Å²) in [5, 5.41) is 3.08. The first kappa shape index (κ1) is 15.8. The van der Waals surface area contributed by atoms with E-state index >= 15 is 0 Å². The van der Waals surface area contributed by atoms with Gasteiger partial charge in [-0.2, -0.15) is 0 Å². The molecule has 3 rings (SSSR count). The van der Waals surface area contributed by atoms with Gasteiger partial charge in [-0.3, -0.25) is 20.0 Å². The first-order chi connectivity index (χ1) is 11.8. The highest BCUT2D eigenvalue weighted by molar-refractivity contribution is 7.80. The molecule has 24 heavy (non-hydrogen) atoms. The minimum Gasteiger partial charge on any atom is -0.298 e. The van der Waals surface area contributed by atoms with E-state index in [0.717, 1.165) is 11.4 Å². The lowest BCUT2D eigenvalue weighted by molar-refractivity contribution is 0.0977. The predicted octanol–water partition coefficient (Wildman–Crippen LogP) is 3.93. The van der Waals surface area contributed by atoms with Crippen molar-refractivity contribution < 1.29 is 4.79 Å². The van der Waals surface area contributed by atoms with E-state index in [4.69, 9.17) is 12.2 Å². The Labute approximate surface area is 145 Å². The van der Waals surface area contributed by atoms with Gasteiger partial charge in [0.25, 0.3) is 5.91 Å². The van der Waals surface area contributed by atoms with Crippen molar-refractivity contribution in [2.45, 2.75) is 0 Å². The maximum absolute atomic E-state index is 12.4. The summed E-state index contributed by atoms with van der Waals surface area (Å²) >= 11 is 5.49. The first-order valence-electron chi connectivity index (χ1n) is 7.41. The number of benzene rings is 2. The average molecular weight is 333 g/mol.